The van der Waals surface area contributed by atoms with E-state index in [9.17, 15) is 9.59 Å². The Balaban J connectivity index is 1.70. The monoisotopic (exact) mass is 437 g/mol. The van der Waals surface area contributed by atoms with E-state index in [0.29, 0.717) is 12.0 Å². The lowest BCUT2D eigenvalue weighted by atomic mass is 9.98. The average Bonchev–Trinajstić information content (AvgIpc) is 2.73. The molecule has 0 heterocycles. The van der Waals surface area contributed by atoms with Gasteiger partial charge < -0.3 is 10.1 Å². The van der Waals surface area contributed by atoms with Crippen molar-refractivity contribution in [3.05, 3.63) is 106 Å². The molecular weight excluding hydrogens is 418 g/mol. The van der Waals surface area contributed by atoms with Crippen molar-refractivity contribution in [1.82, 2.24) is 5.32 Å². The van der Waals surface area contributed by atoms with E-state index < -0.39 is 12.1 Å². The van der Waals surface area contributed by atoms with Crippen molar-refractivity contribution < 1.29 is 14.3 Å². The lowest BCUT2D eigenvalue weighted by Crippen LogP contribution is -2.42. The Morgan fingerprint density at radius 2 is 1.39 bits per heavy atom. The molecule has 0 aromatic heterocycles. The third-order valence-corrected chi connectivity index (χ3v) is 4.76. The summed E-state index contributed by atoms with van der Waals surface area (Å²) in [6.45, 7) is 0.150. The van der Waals surface area contributed by atoms with Gasteiger partial charge in [-0.15, -0.1) is 0 Å². The number of hydrogen-bond donors (Lipinski definition) is 1. The molecule has 0 saturated carbocycles. The highest BCUT2D eigenvalue weighted by atomic mass is 79.9. The normalized spacial score (nSPS) is 11.5. The highest BCUT2D eigenvalue weighted by molar-refractivity contribution is 9.10. The third kappa shape index (κ3) is 5.79. The Morgan fingerprint density at radius 3 is 2.00 bits per heavy atom. The summed E-state index contributed by atoms with van der Waals surface area (Å²) in [5, 5.41) is 2.73. The number of Topliss-reactive ketones (excluding diaryl/α,β-unsaturated/α-hetero) is 1. The SMILES string of the molecule is O=C(N[C@@H](Cc1ccccc1)C(=O)c1ccc(Br)cc1)OCc1ccccc1. The van der Waals surface area contributed by atoms with E-state index in [0.717, 1.165) is 15.6 Å². The summed E-state index contributed by atoms with van der Waals surface area (Å²) in [5.41, 5.74) is 2.38. The second-order valence-electron chi connectivity index (χ2n) is 6.32. The molecule has 0 aliphatic carbocycles. The Hall–Kier alpha value is -2.92. The quantitative estimate of drug-likeness (QED) is 0.518. The number of benzene rings is 3. The van der Waals surface area contributed by atoms with Gasteiger partial charge >= 0.3 is 6.09 Å². The summed E-state index contributed by atoms with van der Waals surface area (Å²) < 4.78 is 6.18. The minimum absolute atomic E-state index is 0.150. The zero-order chi connectivity index (χ0) is 19.8. The number of nitrogens with one attached hydrogen (secondary N) is 1. The molecule has 4 nitrogen and oxygen atoms in total. The van der Waals surface area contributed by atoms with Crippen LogP contribution in [0.25, 0.3) is 0 Å². The van der Waals surface area contributed by atoms with Crippen LogP contribution in [0.2, 0.25) is 0 Å². The van der Waals surface area contributed by atoms with E-state index in [2.05, 4.69) is 21.2 Å². The van der Waals surface area contributed by atoms with Crippen LogP contribution < -0.4 is 5.32 Å². The van der Waals surface area contributed by atoms with Crippen LogP contribution in [0.1, 0.15) is 21.5 Å². The Labute approximate surface area is 172 Å². The fraction of sp³-hybridized carbons (Fsp3) is 0.130. The van der Waals surface area contributed by atoms with Crippen molar-refractivity contribution in [1.29, 1.82) is 0 Å². The number of hydrogen-bond acceptors (Lipinski definition) is 3. The minimum atomic E-state index is -0.716. The van der Waals surface area contributed by atoms with Crippen molar-refractivity contribution in [2.45, 2.75) is 19.1 Å². The van der Waals surface area contributed by atoms with Crippen LogP contribution in [-0.2, 0) is 17.8 Å². The van der Waals surface area contributed by atoms with Crippen LogP contribution in [0.4, 0.5) is 4.79 Å². The maximum Gasteiger partial charge on any atom is 0.408 e. The lowest BCUT2D eigenvalue weighted by Gasteiger charge is -2.18. The van der Waals surface area contributed by atoms with Crippen molar-refractivity contribution >= 4 is 27.8 Å². The van der Waals surface area contributed by atoms with Gasteiger partial charge in [0.2, 0.25) is 0 Å². The largest absolute Gasteiger partial charge is 0.445 e. The molecule has 0 unspecified atom stereocenters. The second-order valence-corrected chi connectivity index (χ2v) is 7.24. The fourth-order valence-corrected chi connectivity index (χ4v) is 3.05. The molecule has 0 radical (unpaired) electrons. The highest BCUT2D eigenvalue weighted by Gasteiger charge is 2.23. The van der Waals surface area contributed by atoms with Gasteiger partial charge in [0.1, 0.15) is 6.61 Å². The van der Waals surface area contributed by atoms with Crippen LogP contribution in [0.5, 0.6) is 0 Å². The van der Waals surface area contributed by atoms with Crippen molar-refractivity contribution in [2.24, 2.45) is 0 Å². The van der Waals surface area contributed by atoms with E-state index in [-0.39, 0.29) is 12.4 Å². The van der Waals surface area contributed by atoms with E-state index in [1.165, 1.54) is 0 Å². The zero-order valence-corrected chi connectivity index (χ0v) is 16.8. The van der Waals surface area contributed by atoms with Crippen LogP contribution in [0.15, 0.2) is 89.4 Å². The standard InChI is InChI=1S/C23H20BrNO3/c24-20-13-11-19(12-14-20)22(26)21(15-17-7-3-1-4-8-17)25-23(27)28-16-18-9-5-2-6-10-18/h1-14,21H,15-16H2,(H,25,27)/t21-/m0/s1. The first-order valence-electron chi connectivity index (χ1n) is 8.93. The average molecular weight is 438 g/mol. The molecule has 3 aromatic rings. The molecule has 0 fully saturated rings. The van der Waals surface area contributed by atoms with E-state index in [1.54, 1.807) is 24.3 Å². The molecular formula is C23H20BrNO3. The van der Waals surface area contributed by atoms with Crippen molar-refractivity contribution in [3.8, 4) is 0 Å². The number of alkyl carbamates (subject to hydrolysis) is 1. The van der Waals surface area contributed by atoms with Crippen LogP contribution in [-0.4, -0.2) is 17.9 Å². The second kappa shape index (κ2) is 9.85. The molecule has 3 aromatic carbocycles. The zero-order valence-electron chi connectivity index (χ0n) is 15.2. The summed E-state index contributed by atoms with van der Waals surface area (Å²) in [6.07, 6.45) is -0.230. The lowest BCUT2D eigenvalue weighted by molar-refractivity contribution is 0.0916. The smallest absolute Gasteiger partial charge is 0.408 e. The number of carbonyl (C=O) groups is 2. The van der Waals surface area contributed by atoms with E-state index in [4.69, 9.17) is 4.74 Å². The van der Waals surface area contributed by atoms with E-state index >= 15 is 0 Å². The molecule has 0 saturated heterocycles. The minimum Gasteiger partial charge on any atom is -0.445 e. The Morgan fingerprint density at radius 1 is 0.821 bits per heavy atom. The van der Waals surface area contributed by atoms with Crippen molar-refractivity contribution in [2.75, 3.05) is 0 Å². The number of ether oxygens (including phenoxy) is 1. The number of amides is 1. The van der Waals surface area contributed by atoms with Gasteiger partial charge in [-0.05, 0) is 23.3 Å². The summed E-state index contributed by atoms with van der Waals surface area (Å²) in [5.74, 6) is -0.159. The van der Waals surface area contributed by atoms with Gasteiger partial charge in [-0.3, -0.25) is 4.79 Å². The summed E-state index contributed by atoms with van der Waals surface area (Å²) >= 11 is 3.37. The first-order valence-corrected chi connectivity index (χ1v) is 9.72. The molecule has 0 aliphatic rings. The third-order valence-electron chi connectivity index (χ3n) is 4.23. The molecule has 1 atom stereocenters. The molecule has 28 heavy (non-hydrogen) atoms. The Kier molecular flexibility index (Phi) is 6.98. The van der Waals surface area contributed by atoms with Gasteiger partial charge in [-0.1, -0.05) is 88.7 Å². The maximum absolute atomic E-state index is 13.0. The summed E-state index contributed by atoms with van der Waals surface area (Å²) in [6, 6.07) is 25.4. The summed E-state index contributed by atoms with van der Waals surface area (Å²) in [4.78, 5) is 25.3. The fourth-order valence-electron chi connectivity index (χ4n) is 2.78. The molecule has 0 spiro atoms. The number of carbonyl (C=O) groups excluding carboxylic acids is 2. The number of halogens is 1. The van der Waals surface area contributed by atoms with E-state index in [1.807, 2.05) is 60.7 Å². The molecule has 5 heteroatoms. The molecule has 0 aliphatic heterocycles. The maximum atomic E-state index is 13.0. The highest BCUT2D eigenvalue weighted by Crippen LogP contribution is 2.14. The van der Waals surface area contributed by atoms with Crippen LogP contribution in [0, 0.1) is 0 Å². The molecule has 3 rings (SSSR count). The predicted molar refractivity (Wildman–Crippen MR) is 112 cm³/mol. The van der Waals surface area contributed by atoms with Gasteiger partial charge in [0.05, 0.1) is 6.04 Å². The number of rotatable bonds is 7. The van der Waals surface area contributed by atoms with Gasteiger partial charge in [-0.2, -0.15) is 0 Å². The summed E-state index contributed by atoms with van der Waals surface area (Å²) in [7, 11) is 0. The topological polar surface area (TPSA) is 55.4 Å². The molecule has 0 bridgehead atoms. The number of ketones is 1. The van der Waals surface area contributed by atoms with Crippen LogP contribution >= 0.6 is 15.9 Å². The predicted octanol–water partition coefficient (Wildman–Crippen LogP) is 5.17. The van der Waals surface area contributed by atoms with Crippen LogP contribution in [0.3, 0.4) is 0 Å². The Bertz CT molecular complexity index is 912. The van der Waals surface area contributed by atoms with Crippen molar-refractivity contribution in [3.63, 3.8) is 0 Å². The van der Waals surface area contributed by atoms with Gasteiger partial charge in [0.25, 0.3) is 0 Å². The van der Waals surface area contributed by atoms with Gasteiger partial charge in [0, 0.05) is 16.5 Å². The molecule has 1 amide bonds. The molecule has 1 N–H and O–H groups in total. The van der Waals surface area contributed by atoms with Gasteiger partial charge in [-0.25, -0.2) is 4.79 Å². The first kappa shape index (κ1) is 19.8. The molecule has 142 valence electrons. The van der Waals surface area contributed by atoms with Gasteiger partial charge in [0.15, 0.2) is 5.78 Å². The first-order chi connectivity index (χ1) is 13.6.